The van der Waals surface area contributed by atoms with E-state index in [4.69, 9.17) is 11.6 Å². The minimum Gasteiger partial charge on any atom is -0.352 e. The van der Waals surface area contributed by atoms with Crippen LogP contribution < -0.4 is 5.32 Å². The van der Waals surface area contributed by atoms with E-state index in [1.807, 2.05) is 24.3 Å². The van der Waals surface area contributed by atoms with E-state index in [2.05, 4.69) is 48.6 Å². The zero-order valence-electron chi connectivity index (χ0n) is 14.1. The molecule has 0 atom stereocenters. The predicted molar refractivity (Wildman–Crippen MR) is 102 cm³/mol. The Labute approximate surface area is 153 Å². The van der Waals surface area contributed by atoms with Gasteiger partial charge in [0.05, 0.1) is 0 Å². The van der Waals surface area contributed by atoms with E-state index in [-0.39, 0.29) is 5.91 Å². The first-order valence-corrected chi connectivity index (χ1v) is 9.27. The number of nitrogens with one attached hydrogen (secondary N) is 1. The Morgan fingerprint density at radius 3 is 2.29 bits per heavy atom. The maximum absolute atomic E-state index is 11.9. The van der Waals surface area contributed by atoms with Gasteiger partial charge in [-0.3, -0.25) is 4.79 Å². The Bertz CT molecular complexity index is 641. The van der Waals surface area contributed by atoms with Gasteiger partial charge in [-0.05, 0) is 49.5 Å². The molecule has 0 radical (unpaired) electrons. The van der Waals surface area contributed by atoms with E-state index in [1.165, 1.54) is 5.56 Å². The van der Waals surface area contributed by atoms with Gasteiger partial charge in [-0.25, -0.2) is 0 Å². The van der Waals surface area contributed by atoms with Crippen molar-refractivity contribution in [3.05, 3.63) is 64.7 Å². The number of rotatable bonds is 8. The fourth-order valence-electron chi connectivity index (χ4n) is 2.21. The number of benzene rings is 2. The van der Waals surface area contributed by atoms with E-state index >= 15 is 0 Å². The van der Waals surface area contributed by atoms with Crippen LogP contribution in [-0.2, 0) is 17.9 Å². The summed E-state index contributed by atoms with van der Waals surface area (Å²) in [5.41, 5.74) is 2.39. The lowest BCUT2D eigenvalue weighted by molar-refractivity contribution is -0.120. The molecule has 0 saturated carbocycles. The summed E-state index contributed by atoms with van der Waals surface area (Å²) in [6.07, 6.45) is 0.506. The molecular formula is C19H23ClN2OS. The highest BCUT2D eigenvalue weighted by Gasteiger charge is 2.03. The molecule has 3 nitrogen and oxygen atoms in total. The number of halogens is 1. The van der Waals surface area contributed by atoms with E-state index in [9.17, 15) is 4.79 Å². The van der Waals surface area contributed by atoms with Crippen molar-refractivity contribution < 1.29 is 4.79 Å². The van der Waals surface area contributed by atoms with Crippen molar-refractivity contribution >= 4 is 29.3 Å². The van der Waals surface area contributed by atoms with Crippen LogP contribution in [0.3, 0.4) is 0 Å². The van der Waals surface area contributed by atoms with Crippen LogP contribution in [-0.4, -0.2) is 30.7 Å². The van der Waals surface area contributed by atoms with Gasteiger partial charge in [0.25, 0.3) is 0 Å². The van der Waals surface area contributed by atoms with E-state index in [0.29, 0.717) is 13.0 Å². The zero-order valence-corrected chi connectivity index (χ0v) is 15.7. The average molecular weight is 363 g/mol. The molecular weight excluding hydrogens is 340 g/mol. The van der Waals surface area contributed by atoms with Crippen LogP contribution >= 0.6 is 23.4 Å². The van der Waals surface area contributed by atoms with Crippen molar-refractivity contribution in [2.75, 3.05) is 19.8 Å². The summed E-state index contributed by atoms with van der Waals surface area (Å²) in [6.45, 7) is 1.50. The van der Waals surface area contributed by atoms with Crippen LogP contribution in [0, 0.1) is 0 Å². The smallest absolute Gasteiger partial charge is 0.221 e. The third kappa shape index (κ3) is 6.95. The fourth-order valence-corrected chi connectivity index (χ4v) is 3.19. The van der Waals surface area contributed by atoms with Gasteiger partial charge in [0.1, 0.15) is 0 Å². The Morgan fingerprint density at radius 2 is 1.67 bits per heavy atom. The molecule has 1 amide bonds. The standard InChI is InChI=1S/C19H23ClN2OS/c1-22(2)14-16-5-3-15(4-6-16)13-21-19(23)11-12-24-18-9-7-17(20)8-10-18/h3-10H,11-14H2,1-2H3,(H,21,23). The summed E-state index contributed by atoms with van der Waals surface area (Å²) in [5.74, 6) is 0.837. The molecule has 0 aliphatic carbocycles. The maximum atomic E-state index is 11.9. The number of carbonyl (C=O) groups is 1. The molecule has 1 N–H and O–H groups in total. The second-order valence-corrected chi connectivity index (χ2v) is 7.49. The van der Waals surface area contributed by atoms with Crippen LogP contribution in [0.15, 0.2) is 53.4 Å². The topological polar surface area (TPSA) is 32.3 Å². The first kappa shape index (κ1) is 18.8. The molecule has 5 heteroatoms. The van der Waals surface area contributed by atoms with Gasteiger partial charge in [0.2, 0.25) is 5.91 Å². The molecule has 0 fully saturated rings. The van der Waals surface area contributed by atoms with Gasteiger partial charge < -0.3 is 10.2 Å². The van der Waals surface area contributed by atoms with Crippen molar-refractivity contribution in [2.24, 2.45) is 0 Å². The average Bonchev–Trinajstić information content (AvgIpc) is 2.55. The van der Waals surface area contributed by atoms with Crippen LogP contribution in [0.2, 0.25) is 5.02 Å². The molecule has 0 saturated heterocycles. The maximum Gasteiger partial charge on any atom is 0.221 e. The molecule has 24 heavy (non-hydrogen) atoms. The number of nitrogens with zero attached hydrogens (tertiary/aromatic N) is 1. The lowest BCUT2D eigenvalue weighted by atomic mass is 10.1. The number of carbonyl (C=O) groups excluding carboxylic acids is 1. The second kappa shape index (κ2) is 9.72. The monoisotopic (exact) mass is 362 g/mol. The largest absolute Gasteiger partial charge is 0.352 e. The van der Waals surface area contributed by atoms with Gasteiger partial charge in [-0.1, -0.05) is 35.9 Å². The number of amides is 1. The Kier molecular flexibility index (Phi) is 7.63. The molecule has 0 spiro atoms. The van der Waals surface area contributed by atoms with Gasteiger partial charge >= 0.3 is 0 Å². The SMILES string of the molecule is CN(C)Cc1ccc(CNC(=O)CCSc2ccc(Cl)cc2)cc1. The number of hydrogen-bond donors (Lipinski definition) is 1. The van der Waals surface area contributed by atoms with Crippen LogP contribution in [0.5, 0.6) is 0 Å². The van der Waals surface area contributed by atoms with Crippen molar-refractivity contribution in [3.8, 4) is 0 Å². The van der Waals surface area contributed by atoms with Gasteiger partial charge in [0, 0.05) is 35.2 Å². The number of thioether (sulfide) groups is 1. The summed E-state index contributed by atoms with van der Waals surface area (Å²) >= 11 is 7.52. The highest BCUT2D eigenvalue weighted by Crippen LogP contribution is 2.20. The van der Waals surface area contributed by atoms with Crippen LogP contribution in [0.4, 0.5) is 0 Å². The first-order valence-electron chi connectivity index (χ1n) is 7.90. The summed E-state index contributed by atoms with van der Waals surface area (Å²) < 4.78 is 0. The molecule has 2 aromatic carbocycles. The van der Waals surface area contributed by atoms with Gasteiger partial charge in [-0.15, -0.1) is 11.8 Å². The lowest BCUT2D eigenvalue weighted by Gasteiger charge is -2.10. The summed E-state index contributed by atoms with van der Waals surface area (Å²) in [7, 11) is 4.10. The lowest BCUT2D eigenvalue weighted by Crippen LogP contribution is -2.23. The van der Waals surface area contributed by atoms with E-state index < -0.39 is 0 Å². The van der Waals surface area contributed by atoms with Crippen LogP contribution in [0.1, 0.15) is 17.5 Å². The van der Waals surface area contributed by atoms with Gasteiger partial charge in [-0.2, -0.15) is 0 Å². The molecule has 0 unspecified atom stereocenters. The van der Waals surface area contributed by atoms with Gasteiger partial charge in [0.15, 0.2) is 0 Å². The summed E-state index contributed by atoms with van der Waals surface area (Å²) in [4.78, 5) is 15.2. The molecule has 0 aliphatic heterocycles. The quantitative estimate of drug-likeness (QED) is 0.714. The first-order chi connectivity index (χ1) is 11.5. The Morgan fingerprint density at radius 1 is 1.04 bits per heavy atom. The van der Waals surface area contributed by atoms with Crippen LogP contribution in [0.25, 0.3) is 0 Å². The third-order valence-electron chi connectivity index (χ3n) is 3.42. The van der Waals surface area contributed by atoms with Crippen molar-refractivity contribution in [1.29, 1.82) is 0 Å². The van der Waals surface area contributed by atoms with Crippen molar-refractivity contribution in [1.82, 2.24) is 10.2 Å². The predicted octanol–water partition coefficient (Wildman–Crippen LogP) is 4.20. The molecule has 0 bridgehead atoms. The molecule has 2 rings (SSSR count). The summed E-state index contributed by atoms with van der Waals surface area (Å²) in [6, 6.07) is 16.0. The third-order valence-corrected chi connectivity index (χ3v) is 4.69. The molecule has 128 valence electrons. The normalized spacial score (nSPS) is 10.8. The second-order valence-electron chi connectivity index (χ2n) is 5.88. The van der Waals surface area contributed by atoms with Crippen molar-refractivity contribution in [2.45, 2.75) is 24.4 Å². The summed E-state index contributed by atoms with van der Waals surface area (Å²) in [5, 5.41) is 3.70. The Hall–Kier alpha value is -1.49. The highest BCUT2D eigenvalue weighted by atomic mass is 35.5. The Balaban J connectivity index is 1.68. The molecule has 0 aromatic heterocycles. The molecule has 0 aliphatic rings. The fraction of sp³-hybridized carbons (Fsp3) is 0.316. The van der Waals surface area contributed by atoms with E-state index in [1.54, 1.807) is 11.8 Å². The zero-order chi connectivity index (χ0) is 17.4. The van der Waals surface area contributed by atoms with E-state index in [0.717, 1.165) is 27.8 Å². The molecule has 2 aromatic rings. The minimum atomic E-state index is 0.0776. The van der Waals surface area contributed by atoms with Crippen molar-refractivity contribution in [3.63, 3.8) is 0 Å². The highest BCUT2D eigenvalue weighted by molar-refractivity contribution is 7.99. The minimum absolute atomic E-state index is 0.0776. The molecule has 0 heterocycles. The number of hydrogen-bond acceptors (Lipinski definition) is 3.